The number of nitrogens with zero attached hydrogens (tertiary/aromatic N) is 3. The summed E-state index contributed by atoms with van der Waals surface area (Å²) in [5.41, 5.74) is 1.56. The van der Waals surface area contributed by atoms with E-state index in [-0.39, 0.29) is 12.3 Å². The number of nitro groups is 1. The van der Waals surface area contributed by atoms with E-state index in [0.717, 1.165) is 0 Å². The molecule has 7 heteroatoms. The second-order valence-corrected chi connectivity index (χ2v) is 4.22. The molecule has 0 spiro atoms. The Morgan fingerprint density at radius 2 is 2.14 bits per heavy atom. The van der Waals surface area contributed by atoms with Crippen LogP contribution in [0.4, 0.5) is 5.69 Å². The second kappa shape index (κ2) is 6.00. The summed E-state index contributed by atoms with van der Waals surface area (Å²) in [5, 5.41) is 14.7. The van der Waals surface area contributed by atoms with E-state index >= 15 is 0 Å². The van der Waals surface area contributed by atoms with Crippen LogP contribution in [0.15, 0.2) is 43.1 Å². The van der Waals surface area contributed by atoms with Gasteiger partial charge in [0, 0.05) is 12.1 Å². The summed E-state index contributed by atoms with van der Waals surface area (Å²) in [6, 6.07) is 5.90. The highest BCUT2D eigenvalue weighted by Crippen LogP contribution is 2.18. The fourth-order valence-corrected chi connectivity index (χ4v) is 1.80. The minimum atomic E-state index is -0.486. The van der Waals surface area contributed by atoms with Crippen molar-refractivity contribution >= 4 is 11.7 Å². The number of rotatable bonds is 5. The van der Waals surface area contributed by atoms with Gasteiger partial charge >= 0.3 is 5.97 Å². The van der Waals surface area contributed by atoms with E-state index in [1.54, 1.807) is 19.1 Å². The van der Waals surface area contributed by atoms with Gasteiger partial charge in [0.05, 0.1) is 22.5 Å². The Kier molecular flexibility index (Phi) is 4.13. The molecule has 1 aromatic carbocycles. The molecule has 0 radical (unpaired) electrons. The molecule has 1 heterocycles. The van der Waals surface area contributed by atoms with Crippen molar-refractivity contribution < 1.29 is 14.5 Å². The SMILES string of the molecule is C=CCOC(=O)c1cnn(-c2ccc([N+](=O)[O-])cc2)c1C. The van der Waals surface area contributed by atoms with E-state index < -0.39 is 10.9 Å². The molecule has 2 rings (SSSR count). The first-order valence-electron chi connectivity index (χ1n) is 6.12. The number of carbonyl (C=O) groups excluding carboxylic acids is 1. The van der Waals surface area contributed by atoms with Gasteiger partial charge in [-0.05, 0) is 19.1 Å². The third-order valence-electron chi connectivity index (χ3n) is 2.87. The van der Waals surface area contributed by atoms with E-state index in [0.29, 0.717) is 16.9 Å². The average molecular weight is 287 g/mol. The number of carbonyl (C=O) groups is 1. The average Bonchev–Trinajstić information content (AvgIpc) is 2.86. The molecule has 0 saturated heterocycles. The molecule has 0 aliphatic rings. The molecular formula is C14H13N3O4. The van der Waals surface area contributed by atoms with Crippen molar-refractivity contribution in [3.63, 3.8) is 0 Å². The first-order valence-corrected chi connectivity index (χ1v) is 6.12. The van der Waals surface area contributed by atoms with Crippen molar-refractivity contribution in [3.05, 3.63) is 64.5 Å². The number of non-ortho nitro benzene ring substituents is 1. The third kappa shape index (κ3) is 2.97. The Balaban J connectivity index is 2.29. The Hall–Kier alpha value is -2.96. The number of ether oxygens (including phenoxy) is 1. The largest absolute Gasteiger partial charge is 0.458 e. The lowest BCUT2D eigenvalue weighted by molar-refractivity contribution is -0.384. The number of hydrogen-bond donors (Lipinski definition) is 0. The summed E-state index contributed by atoms with van der Waals surface area (Å²) in [4.78, 5) is 21.9. The maximum absolute atomic E-state index is 11.8. The van der Waals surface area contributed by atoms with Crippen LogP contribution in [0.3, 0.4) is 0 Å². The number of hydrogen-bond acceptors (Lipinski definition) is 5. The highest BCUT2D eigenvalue weighted by Gasteiger charge is 2.16. The van der Waals surface area contributed by atoms with Gasteiger partial charge in [-0.25, -0.2) is 9.48 Å². The van der Waals surface area contributed by atoms with Crippen molar-refractivity contribution in [3.8, 4) is 5.69 Å². The summed E-state index contributed by atoms with van der Waals surface area (Å²) in [6.07, 6.45) is 2.89. The predicted octanol–water partition coefficient (Wildman–Crippen LogP) is 2.43. The summed E-state index contributed by atoms with van der Waals surface area (Å²) in [5.74, 6) is -0.486. The molecule has 1 aromatic heterocycles. The summed E-state index contributed by atoms with van der Waals surface area (Å²) in [6.45, 7) is 5.32. The quantitative estimate of drug-likeness (QED) is 0.365. The van der Waals surface area contributed by atoms with Gasteiger partial charge in [-0.15, -0.1) is 0 Å². The van der Waals surface area contributed by atoms with Gasteiger partial charge in [0.15, 0.2) is 0 Å². The molecule has 0 saturated carbocycles. The Labute approximate surface area is 120 Å². The van der Waals surface area contributed by atoms with Gasteiger partial charge in [0.2, 0.25) is 0 Å². The topological polar surface area (TPSA) is 87.3 Å². The number of aromatic nitrogens is 2. The summed E-state index contributed by atoms with van der Waals surface area (Å²) in [7, 11) is 0. The first kappa shape index (κ1) is 14.4. The van der Waals surface area contributed by atoms with Crippen LogP contribution in [-0.2, 0) is 4.74 Å². The zero-order valence-electron chi connectivity index (χ0n) is 11.4. The molecule has 21 heavy (non-hydrogen) atoms. The number of nitro benzene ring substituents is 1. The second-order valence-electron chi connectivity index (χ2n) is 4.22. The van der Waals surface area contributed by atoms with Crippen molar-refractivity contribution in [2.24, 2.45) is 0 Å². The smallest absolute Gasteiger partial charge is 0.341 e. The maximum atomic E-state index is 11.8. The standard InChI is InChI=1S/C14H13N3O4/c1-3-8-21-14(18)13-9-15-16(10(13)2)11-4-6-12(7-5-11)17(19)20/h3-7,9H,1,8H2,2H3. The number of esters is 1. The fourth-order valence-electron chi connectivity index (χ4n) is 1.80. The molecule has 108 valence electrons. The lowest BCUT2D eigenvalue weighted by Gasteiger charge is -2.05. The summed E-state index contributed by atoms with van der Waals surface area (Å²) < 4.78 is 6.48. The van der Waals surface area contributed by atoms with E-state index in [2.05, 4.69) is 11.7 Å². The van der Waals surface area contributed by atoms with Gasteiger partial charge in [0.1, 0.15) is 12.2 Å². The zero-order chi connectivity index (χ0) is 15.4. The van der Waals surface area contributed by atoms with Gasteiger partial charge in [-0.1, -0.05) is 12.7 Å². The molecule has 0 aliphatic heterocycles. The van der Waals surface area contributed by atoms with Crippen molar-refractivity contribution in [1.29, 1.82) is 0 Å². The maximum Gasteiger partial charge on any atom is 0.341 e. The number of benzene rings is 1. The Bertz CT molecular complexity index is 689. The molecular weight excluding hydrogens is 274 g/mol. The van der Waals surface area contributed by atoms with Gasteiger partial charge in [-0.2, -0.15) is 5.10 Å². The van der Waals surface area contributed by atoms with Gasteiger partial charge in [0.25, 0.3) is 5.69 Å². The molecule has 0 fully saturated rings. The van der Waals surface area contributed by atoms with Crippen LogP contribution in [0.2, 0.25) is 0 Å². The van der Waals surface area contributed by atoms with Crippen molar-refractivity contribution in [2.45, 2.75) is 6.92 Å². The monoisotopic (exact) mass is 287 g/mol. The molecule has 0 aliphatic carbocycles. The van der Waals surface area contributed by atoms with Gasteiger partial charge in [-0.3, -0.25) is 10.1 Å². The molecule has 7 nitrogen and oxygen atoms in total. The predicted molar refractivity (Wildman–Crippen MR) is 75.4 cm³/mol. The fraction of sp³-hybridized carbons (Fsp3) is 0.143. The van der Waals surface area contributed by atoms with E-state index in [1.807, 2.05) is 0 Å². The molecule has 0 atom stereocenters. The van der Waals surface area contributed by atoms with Crippen LogP contribution in [0, 0.1) is 17.0 Å². The van der Waals surface area contributed by atoms with Crippen LogP contribution < -0.4 is 0 Å². The van der Waals surface area contributed by atoms with Crippen molar-refractivity contribution in [1.82, 2.24) is 9.78 Å². The van der Waals surface area contributed by atoms with Crippen LogP contribution in [-0.4, -0.2) is 27.3 Å². The minimum Gasteiger partial charge on any atom is -0.458 e. The molecule has 2 aromatic rings. The third-order valence-corrected chi connectivity index (χ3v) is 2.87. The van der Waals surface area contributed by atoms with E-state index in [1.165, 1.54) is 29.1 Å². The first-order chi connectivity index (χ1) is 10.0. The van der Waals surface area contributed by atoms with Crippen LogP contribution in [0.1, 0.15) is 16.1 Å². The van der Waals surface area contributed by atoms with Crippen LogP contribution in [0.25, 0.3) is 5.69 Å². The zero-order valence-corrected chi connectivity index (χ0v) is 11.4. The normalized spacial score (nSPS) is 10.1. The van der Waals surface area contributed by atoms with E-state index in [9.17, 15) is 14.9 Å². The lowest BCUT2D eigenvalue weighted by Crippen LogP contribution is -2.07. The highest BCUT2D eigenvalue weighted by atomic mass is 16.6. The molecule has 0 bridgehead atoms. The Morgan fingerprint density at radius 3 is 2.71 bits per heavy atom. The molecule has 0 amide bonds. The van der Waals surface area contributed by atoms with Gasteiger partial charge < -0.3 is 4.74 Å². The van der Waals surface area contributed by atoms with E-state index in [4.69, 9.17) is 4.74 Å². The van der Waals surface area contributed by atoms with Crippen LogP contribution in [0.5, 0.6) is 0 Å². The van der Waals surface area contributed by atoms with Crippen molar-refractivity contribution in [2.75, 3.05) is 6.61 Å². The minimum absolute atomic E-state index is 0.00539. The summed E-state index contributed by atoms with van der Waals surface area (Å²) >= 11 is 0. The molecule has 0 N–H and O–H groups in total. The highest BCUT2D eigenvalue weighted by molar-refractivity contribution is 5.90. The lowest BCUT2D eigenvalue weighted by atomic mass is 10.2. The van der Waals surface area contributed by atoms with Crippen LogP contribution >= 0.6 is 0 Å². The Morgan fingerprint density at radius 1 is 1.48 bits per heavy atom. The molecule has 0 unspecified atom stereocenters.